The van der Waals surface area contributed by atoms with Crippen molar-refractivity contribution in [1.29, 1.82) is 0 Å². The lowest BCUT2D eigenvalue weighted by atomic mass is 10.1. The average molecular weight is 347 g/mol. The second-order valence-electron chi connectivity index (χ2n) is 4.96. The van der Waals surface area contributed by atoms with Gasteiger partial charge in [-0.3, -0.25) is 0 Å². The van der Waals surface area contributed by atoms with Crippen LogP contribution in [0.1, 0.15) is 6.92 Å². The highest BCUT2D eigenvalue weighted by Crippen LogP contribution is 2.35. The zero-order chi connectivity index (χ0) is 16.4. The molecule has 0 aliphatic rings. The van der Waals surface area contributed by atoms with E-state index in [9.17, 15) is 12.8 Å². The molecule has 0 fully saturated rings. The monoisotopic (exact) mass is 347 g/mol. The van der Waals surface area contributed by atoms with E-state index in [0.29, 0.717) is 4.90 Å². The van der Waals surface area contributed by atoms with Crippen LogP contribution in [0, 0.1) is 5.82 Å². The van der Waals surface area contributed by atoms with Gasteiger partial charge < -0.3 is 0 Å². The molecule has 3 nitrogen and oxygen atoms in total. The van der Waals surface area contributed by atoms with E-state index in [1.165, 1.54) is 23.5 Å². The number of hydrogen-bond acceptors (Lipinski definition) is 4. The molecule has 0 aliphatic carbocycles. The molecule has 0 aliphatic heterocycles. The molecule has 0 atom stereocenters. The SMILES string of the molecule is CCS(=O)(=O)c1ccc(-c2scnc2-c2ccc(F)cc2)cc1. The van der Waals surface area contributed by atoms with Crippen molar-refractivity contribution in [3.8, 4) is 21.7 Å². The summed E-state index contributed by atoms with van der Waals surface area (Å²) in [6, 6.07) is 13.0. The average Bonchev–Trinajstić information content (AvgIpc) is 3.05. The number of hydrogen-bond donors (Lipinski definition) is 0. The number of benzene rings is 2. The first kappa shape index (κ1) is 15.8. The molecule has 3 rings (SSSR count). The second-order valence-corrected chi connectivity index (χ2v) is 8.10. The summed E-state index contributed by atoms with van der Waals surface area (Å²) in [6.07, 6.45) is 0. The molecule has 2 aromatic carbocycles. The maximum atomic E-state index is 13.1. The minimum atomic E-state index is -3.20. The van der Waals surface area contributed by atoms with Crippen molar-refractivity contribution in [1.82, 2.24) is 4.98 Å². The van der Waals surface area contributed by atoms with Crippen LogP contribution < -0.4 is 0 Å². The lowest BCUT2D eigenvalue weighted by Crippen LogP contribution is -2.03. The van der Waals surface area contributed by atoms with Gasteiger partial charge in [0.2, 0.25) is 0 Å². The smallest absolute Gasteiger partial charge is 0.178 e. The lowest BCUT2D eigenvalue weighted by Gasteiger charge is -2.05. The minimum absolute atomic E-state index is 0.0771. The Labute approximate surface area is 138 Å². The first-order chi connectivity index (χ1) is 11.0. The standard InChI is InChI=1S/C17H14FNO2S2/c1-2-23(20,21)15-9-5-13(6-10-15)17-16(19-11-22-17)12-3-7-14(18)8-4-12/h3-11H,2H2,1H3. The Balaban J connectivity index is 2.01. The Bertz CT molecular complexity index is 914. The van der Waals surface area contributed by atoms with Crippen LogP contribution in [0.2, 0.25) is 0 Å². The largest absolute Gasteiger partial charge is 0.244 e. The predicted octanol–water partition coefficient (Wildman–Crippen LogP) is 4.41. The molecule has 0 amide bonds. The number of nitrogens with zero attached hydrogens (tertiary/aromatic N) is 1. The predicted molar refractivity (Wildman–Crippen MR) is 90.7 cm³/mol. The van der Waals surface area contributed by atoms with Gasteiger partial charge >= 0.3 is 0 Å². The van der Waals surface area contributed by atoms with E-state index in [2.05, 4.69) is 4.98 Å². The van der Waals surface area contributed by atoms with Gasteiger partial charge in [0.05, 0.1) is 26.7 Å². The maximum absolute atomic E-state index is 13.1. The molecule has 3 aromatic rings. The Morgan fingerprint density at radius 2 is 1.61 bits per heavy atom. The first-order valence-corrected chi connectivity index (χ1v) is 9.57. The van der Waals surface area contributed by atoms with E-state index in [-0.39, 0.29) is 11.6 Å². The summed E-state index contributed by atoms with van der Waals surface area (Å²) in [6.45, 7) is 1.62. The van der Waals surface area contributed by atoms with Crippen molar-refractivity contribution in [2.75, 3.05) is 5.75 Å². The molecule has 118 valence electrons. The molecule has 6 heteroatoms. The summed E-state index contributed by atoms with van der Waals surface area (Å²) >= 11 is 1.47. The highest BCUT2D eigenvalue weighted by molar-refractivity contribution is 7.91. The molecule has 1 aromatic heterocycles. The van der Waals surface area contributed by atoms with Crippen molar-refractivity contribution < 1.29 is 12.8 Å². The van der Waals surface area contributed by atoms with Crippen LogP contribution in [0.25, 0.3) is 21.7 Å². The fraction of sp³-hybridized carbons (Fsp3) is 0.118. The Morgan fingerprint density at radius 1 is 1.00 bits per heavy atom. The van der Waals surface area contributed by atoms with Crippen LogP contribution in [0.3, 0.4) is 0 Å². The van der Waals surface area contributed by atoms with Crippen molar-refractivity contribution >= 4 is 21.2 Å². The van der Waals surface area contributed by atoms with Gasteiger partial charge in [0, 0.05) is 5.56 Å². The molecule has 1 heterocycles. The van der Waals surface area contributed by atoms with Gasteiger partial charge in [0.1, 0.15) is 5.82 Å². The van der Waals surface area contributed by atoms with Crippen LogP contribution in [-0.2, 0) is 9.84 Å². The Hall–Kier alpha value is -2.05. The fourth-order valence-corrected chi connectivity index (χ4v) is 3.95. The van der Waals surface area contributed by atoms with E-state index in [4.69, 9.17) is 0 Å². The zero-order valence-electron chi connectivity index (χ0n) is 12.4. The highest BCUT2D eigenvalue weighted by atomic mass is 32.2. The van der Waals surface area contributed by atoms with Crippen LogP contribution in [0.5, 0.6) is 0 Å². The minimum Gasteiger partial charge on any atom is -0.244 e. The molecule has 0 saturated heterocycles. The summed E-state index contributed by atoms with van der Waals surface area (Å²) < 4.78 is 36.8. The van der Waals surface area contributed by atoms with Gasteiger partial charge in [-0.2, -0.15) is 0 Å². The number of rotatable bonds is 4. The molecule has 0 N–H and O–H groups in total. The number of thiazole rings is 1. The molecule has 0 radical (unpaired) electrons. The van der Waals surface area contributed by atoms with Crippen LogP contribution >= 0.6 is 11.3 Å². The maximum Gasteiger partial charge on any atom is 0.178 e. The van der Waals surface area contributed by atoms with E-state index in [1.54, 1.807) is 48.8 Å². The summed E-state index contributed by atoms with van der Waals surface area (Å²) in [5.41, 5.74) is 4.21. The number of aromatic nitrogens is 1. The Morgan fingerprint density at radius 3 is 2.22 bits per heavy atom. The van der Waals surface area contributed by atoms with Gasteiger partial charge in [0.25, 0.3) is 0 Å². The van der Waals surface area contributed by atoms with Crippen LogP contribution in [0.15, 0.2) is 58.9 Å². The lowest BCUT2D eigenvalue weighted by molar-refractivity contribution is 0.597. The highest BCUT2D eigenvalue weighted by Gasteiger charge is 2.14. The Kier molecular flexibility index (Phi) is 4.28. The van der Waals surface area contributed by atoms with Gasteiger partial charge in [-0.25, -0.2) is 17.8 Å². The van der Waals surface area contributed by atoms with Gasteiger partial charge in [0.15, 0.2) is 9.84 Å². The first-order valence-electron chi connectivity index (χ1n) is 7.04. The van der Waals surface area contributed by atoms with Gasteiger partial charge in [-0.15, -0.1) is 11.3 Å². The summed E-state index contributed by atoms with van der Waals surface area (Å²) in [7, 11) is -3.20. The van der Waals surface area contributed by atoms with Crippen molar-refractivity contribution in [2.24, 2.45) is 0 Å². The normalized spacial score (nSPS) is 11.6. The summed E-state index contributed by atoms with van der Waals surface area (Å²) in [5, 5.41) is 0. The third-order valence-corrected chi connectivity index (χ3v) is 6.17. The molecular formula is C17H14FNO2S2. The second kappa shape index (κ2) is 6.22. The number of sulfone groups is 1. The summed E-state index contributed by atoms with van der Waals surface area (Å²) in [5.74, 6) is -0.215. The quantitative estimate of drug-likeness (QED) is 0.702. The van der Waals surface area contributed by atoms with E-state index in [1.807, 2.05) is 0 Å². The van der Waals surface area contributed by atoms with Crippen molar-refractivity contribution in [3.63, 3.8) is 0 Å². The third kappa shape index (κ3) is 3.18. The zero-order valence-corrected chi connectivity index (χ0v) is 14.0. The fourth-order valence-electron chi connectivity index (χ4n) is 2.24. The van der Waals surface area contributed by atoms with Crippen LogP contribution in [-0.4, -0.2) is 19.2 Å². The topological polar surface area (TPSA) is 47.0 Å². The molecule has 0 unspecified atom stereocenters. The van der Waals surface area contributed by atoms with Crippen molar-refractivity contribution in [3.05, 3.63) is 59.9 Å². The van der Waals surface area contributed by atoms with E-state index >= 15 is 0 Å². The molecule has 0 spiro atoms. The van der Waals surface area contributed by atoms with Crippen LogP contribution in [0.4, 0.5) is 4.39 Å². The number of halogens is 1. The molecular weight excluding hydrogens is 333 g/mol. The molecule has 0 bridgehead atoms. The third-order valence-electron chi connectivity index (χ3n) is 3.54. The summed E-state index contributed by atoms with van der Waals surface area (Å²) in [4.78, 5) is 5.60. The van der Waals surface area contributed by atoms with E-state index < -0.39 is 9.84 Å². The van der Waals surface area contributed by atoms with Crippen molar-refractivity contribution in [2.45, 2.75) is 11.8 Å². The van der Waals surface area contributed by atoms with Gasteiger partial charge in [-0.05, 0) is 42.0 Å². The molecule has 23 heavy (non-hydrogen) atoms. The molecule has 0 saturated carbocycles. The van der Waals surface area contributed by atoms with E-state index in [0.717, 1.165) is 21.7 Å². The van der Waals surface area contributed by atoms with Gasteiger partial charge in [-0.1, -0.05) is 19.1 Å².